The van der Waals surface area contributed by atoms with Gasteiger partial charge in [0.25, 0.3) is 0 Å². The van der Waals surface area contributed by atoms with Gasteiger partial charge in [-0.25, -0.2) is 0 Å². The molecular weight excluding hydrogens is 248 g/mol. The Kier molecular flexibility index (Phi) is 5.89. The summed E-state index contributed by atoms with van der Waals surface area (Å²) in [6.07, 6.45) is 1.85. The molecule has 0 aromatic heterocycles. The topological polar surface area (TPSA) is 61.4 Å². The standard InChI is InChI=1S/C10H18N2O2S.ClH/c13-8-6-11-4-7(8)5-12-10(14)9-2-1-3-15-9;/h7-9,11,13H,1-6H2,(H,12,14);1H. The van der Waals surface area contributed by atoms with Crippen LogP contribution in [0.1, 0.15) is 12.8 Å². The van der Waals surface area contributed by atoms with Crippen LogP contribution in [-0.2, 0) is 4.79 Å². The van der Waals surface area contributed by atoms with Gasteiger partial charge in [-0.15, -0.1) is 24.2 Å². The molecule has 16 heavy (non-hydrogen) atoms. The van der Waals surface area contributed by atoms with Crippen molar-refractivity contribution < 1.29 is 9.90 Å². The van der Waals surface area contributed by atoms with E-state index in [0.717, 1.165) is 25.1 Å². The van der Waals surface area contributed by atoms with Gasteiger partial charge < -0.3 is 15.7 Å². The average Bonchev–Trinajstić information content (AvgIpc) is 2.85. The highest BCUT2D eigenvalue weighted by molar-refractivity contribution is 8.00. The summed E-state index contributed by atoms with van der Waals surface area (Å²) in [6.45, 7) is 2.06. The van der Waals surface area contributed by atoms with Crippen LogP contribution >= 0.6 is 24.2 Å². The van der Waals surface area contributed by atoms with Gasteiger partial charge in [0.2, 0.25) is 5.91 Å². The minimum atomic E-state index is -0.304. The van der Waals surface area contributed by atoms with Crippen molar-refractivity contribution in [2.24, 2.45) is 5.92 Å². The molecule has 2 rings (SSSR count). The van der Waals surface area contributed by atoms with E-state index in [1.807, 2.05) is 0 Å². The highest BCUT2D eigenvalue weighted by Crippen LogP contribution is 2.26. The molecule has 2 heterocycles. The van der Waals surface area contributed by atoms with Crippen molar-refractivity contribution in [2.75, 3.05) is 25.4 Å². The largest absolute Gasteiger partial charge is 0.391 e. The van der Waals surface area contributed by atoms with Crippen LogP contribution in [0, 0.1) is 5.92 Å². The Morgan fingerprint density at radius 2 is 2.31 bits per heavy atom. The second-order valence-corrected chi connectivity index (χ2v) is 5.54. The van der Waals surface area contributed by atoms with Crippen molar-refractivity contribution in [1.82, 2.24) is 10.6 Å². The van der Waals surface area contributed by atoms with Gasteiger partial charge in [0.15, 0.2) is 0 Å². The van der Waals surface area contributed by atoms with Crippen LogP contribution in [-0.4, -0.2) is 47.8 Å². The lowest BCUT2D eigenvalue weighted by atomic mass is 10.1. The number of carbonyl (C=O) groups excluding carboxylic acids is 1. The Hall–Kier alpha value is 0.0300. The number of β-amino-alcohol motifs (C(OH)–C–C–N with tert-alkyl or cyclic N) is 1. The van der Waals surface area contributed by atoms with Crippen LogP contribution in [0.3, 0.4) is 0 Å². The molecule has 3 atom stereocenters. The quantitative estimate of drug-likeness (QED) is 0.673. The third-order valence-electron chi connectivity index (χ3n) is 3.06. The fourth-order valence-electron chi connectivity index (χ4n) is 2.06. The first-order valence-corrected chi connectivity index (χ1v) is 6.60. The Morgan fingerprint density at radius 3 is 2.88 bits per heavy atom. The molecule has 94 valence electrons. The van der Waals surface area contributed by atoms with Gasteiger partial charge in [-0.1, -0.05) is 0 Å². The number of hydrogen-bond donors (Lipinski definition) is 3. The molecule has 2 aliphatic heterocycles. The number of thioether (sulfide) groups is 1. The van der Waals surface area contributed by atoms with Gasteiger partial charge in [-0.3, -0.25) is 4.79 Å². The number of halogens is 1. The third kappa shape index (κ3) is 3.52. The van der Waals surface area contributed by atoms with Gasteiger partial charge >= 0.3 is 0 Å². The first-order chi connectivity index (χ1) is 7.27. The minimum absolute atomic E-state index is 0. The van der Waals surface area contributed by atoms with E-state index >= 15 is 0 Å². The molecule has 0 aromatic carbocycles. The van der Waals surface area contributed by atoms with Crippen LogP contribution in [0.4, 0.5) is 0 Å². The fourth-order valence-corrected chi connectivity index (χ4v) is 3.24. The summed E-state index contributed by atoms with van der Waals surface area (Å²) < 4.78 is 0. The lowest BCUT2D eigenvalue weighted by Crippen LogP contribution is -2.38. The molecule has 6 heteroatoms. The molecule has 2 saturated heterocycles. The summed E-state index contributed by atoms with van der Waals surface area (Å²) in [6, 6.07) is 0. The second-order valence-electron chi connectivity index (χ2n) is 4.23. The van der Waals surface area contributed by atoms with Crippen LogP contribution in [0.5, 0.6) is 0 Å². The second kappa shape index (κ2) is 6.69. The van der Waals surface area contributed by atoms with E-state index in [2.05, 4.69) is 10.6 Å². The van der Waals surface area contributed by atoms with Gasteiger partial charge in [-0.2, -0.15) is 0 Å². The SMILES string of the molecule is Cl.O=C(NCC1CNCC1O)C1CCCS1. The molecule has 0 saturated carbocycles. The molecule has 0 bridgehead atoms. The zero-order chi connectivity index (χ0) is 10.7. The summed E-state index contributed by atoms with van der Waals surface area (Å²) in [4.78, 5) is 11.7. The normalized spacial score (nSPS) is 33.4. The van der Waals surface area contributed by atoms with E-state index in [1.165, 1.54) is 0 Å². The number of hydrogen-bond acceptors (Lipinski definition) is 4. The summed E-state index contributed by atoms with van der Waals surface area (Å²) in [5.74, 6) is 1.43. The van der Waals surface area contributed by atoms with Gasteiger partial charge in [-0.05, 0) is 18.6 Å². The zero-order valence-electron chi connectivity index (χ0n) is 9.15. The molecule has 1 amide bonds. The summed E-state index contributed by atoms with van der Waals surface area (Å²) in [7, 11) is 0. The maximum Gasteiger partial charge on any atom is 0.233 e. The predicted molar refractivity (Wildman–Crippen MR) is 68.1 cm³/mol. The van der Waals surface area contributed by atoms with Crippen LogP contribution < -0.4 is 10.6 Å². The third-order valence-corrected chi connectivity index (χ3v) is 4.44. The van der Waals surface area contributed by atoms with Crippen LogP contribution in [0.15, 0.2) is 0 Å². The van der Waals surface area contributed by atoms with E-state index < -0.39 is 0 Å². The van der Waals surface area contributed by atoms with Crippen molar-refractivity contribution in [3.8, 4) is 0 Å². The summed E-state index contributed by atoms with van der Waals surface area (Å²) >= 11 is 1.74. The highest BCUT2D eigenvalue weighted by Gasteiger charge is 2.27. The summed E-state index contributed by atoms with van der Waals surface area (Å²) in [5, 5.41) is 15.7. The molecular formula is C10H19ClN2O2S. The molecule has 2 aliphatic rings. The van der Waals surface area contributed by atoms with E-state index in [1.54, 1.807) is 11.8 Å². The molecule has 0 aliphatic carbocycles. The number of aliphatic hydroxyl groups is 1. The predicted octanol–water partition coefficient (Wildman–Crippen LogP) is 0.000300. The van der Waals surface area contributed by atoms with Gasteiger partial charge in [0.1, 0.15) is 0 Å². The maximum absolute atomic E-state index is 11.7. The molecule has 3 unspecified atom stereocenters. The molecule has 3 N–H and O–H groups in total. The molecule has 0 spiro atoms. The Bertz CT molecular complexity index is 237. The lowest BCUT2D eigenvalue weighted by Gasteiger charge is -2.15. The number of amides is 1. The number of rotatable bonds is 3. The molecule has 0 aromatic rings. The first kappa shape index (κ1) is 14.1. The molecule has 0 radical (unpaired) electrons. The zero-order valence-corrected chi connectivity index (χ0v) is 10.8. The Labute approximate surface area is 106 Å². The van der Waals surface area contributed by atoms with Gasteiger partial charge in [0, 0.05) is 25.6 Å². The number of aliphatic hydroxyl groups excluding tert-OH is 1. The Balaban J connectivity index is 0.00000128. The Morgan fingerprint density at radius 1 is 1.50 bits per heavy atom. The molecule has 2 fully saturated rings. The van der Waals surface area contributed by atoms with Crippen LogP contribution in [0.25, 0.3) is 0 Å². The van der Waals surface area contributed by atoms with Crippen molar-refractivity contribution in [2.45, 2.75) is 24.2 Å². The summed E-state index contributed by atoms with van der Waals surface area (Å²) in [5.41, 5.74) is 0. The van der Waals surface area contributed by atoms with E-state index in [4.69, 9.17) is 0 Å². The van der Waals surface area contributed by atoms with Crippen LogP contribution in [0.2, 0.25) is 0 Å². The number of nitrogens with one attached hydrogen (secondary N) is 2. The van der Waals surface area contributed by atoms with Crippen molar-refractivity contribution >= 4 is 30.1 Å². The molecule has 4 nitrogen and oxygen atoms in total. The fraction of sp³-hybridized carbons (Fsp3) is 0.900. The average molecular weight is 267 g/mol. The number of carbonyl (C=O) groups is 1. The van der Waals surface area contributed by atoms with E-state index in [-0.39, 0.29) is 35.6 Å². The smallest absolute Gasteiger partial charge is 0.233 e. The van der Waals surface area contributed by atoms with E-state index in [0.29, 0.717) is 13.1 Å². The van der Waals surface area contributed by atoms with Crippen molar-refractivity contribution in [3.63, 3.8) is 0 Å². The maximum atomic E-state index is 11.7. The van der Waals surface area contributed by atoms with Gasteiger partial charge in [0.05, 0.1) is 11.4 Å². The van der Waals surface area contributed by atoms with Crippen molar-refractivity contribution in [3.05, 3.63) is 0 Å². The minimum Gasteiger partial charge on any atom is -0.391 e. The lowest BCUT2D eigenvalue weighted by molar-refractivity contribution is -0.120. The monoisotopic (exact) mass is 266 g/mol. The highest BCUT2D eigenvalue weighted by atomic mass is 35.5. The van der Waals surface area contributed by atoms with E-state index in [9.17, 15) is 9.90 Å². The first-order valence-electron chi connectivity index (χ1n) is 5.55. The van der Waals surface area contributed by atoms with Crippen molar-refractivity contribution in [1.29, 1.82) is 0 Å².